The predicted molar refractivity (Wildman–Crippen MR) is 73.5 cm³/mol. The molecule has 0 atom stereocenters. The van der Waals surface area contributed by atoms with Crippen LogP contribution in [0.2, 0.25) is 0 Å². The molecule has 1 aliphatic heterocycles. The molecule has 0 spiro atoms. The standard InChI is InChI=1S/C16H18N/c1-11-16(2,3)14-10-9-12-7-5-6-8-13(12)15(14)17(11)4/h5-10H,1-4H3/q+1. The third-order valence-electron chi connectivity index (χ3n) is 4.32. The molecule has 0 aliphatic carbocycles. The third kappa shape index (κ3) is 1.22. The zero-order valence-corrected chi connectivity index (χ0v) is 10.9. The van der Waals surface area contributed by atoms with Gasteiger partial charge in [0.2, 0.25) is 5.69 Å². The minimum Gasteiger partial charge on any atom is -0.201 e. The summed E-state index contributed by atoms with van der Waals surface area (Å²) in [6.45, 7) is 6.84. The molecule has 0 saturated heterocycles. The van der Waals surface area contributed by atoms with Gasteiger partial charge in [-0.1, -0.05) is 30.3 Å². The second-order valence-corrected chi connectivity index (χ2v) is 5.45. The highest BCUT2D eigenvalue weighted by Crippen LogP contribution is 2.42. The normalized spacial score (nSPS) is 17.6. The van der Waals surface area contributed by atoms with Crippen LogP contribution in [-0.2, 0) is 5.41 Å². The summed E-state index contributed by atoms with van der Waals surface area (Å²) in [5, 5.41) is 2.68. The number of rotatable bonds is 0. The molecule has 1 nitrogen and oxygen atoms in total. The Kier molecular flexibility index (Phi) is 1.97. The van der Waals surface area contributed by atoms with Crippen LogP contribution >= 0.6 is 0 Å². The van der Waals surface area contributed by atoms with E-state index in [1.54, 1.807) is 0 Å². The van der Waals surface area contributed by atoms with E-state index in [1.165, 1.54) is 27.7 Å². The Morgan fingerprint density at radius 1 is 1.00 bits per heavy atom. The van der Waals surface area contributed by atoms with Crippen molar-refractivity contribution < 1.29 is 4.58 Å². The Balaban J connectivity index is 2.48. The van der Waals surface area contributed by atoms with E-state index < -0.39 is 0 Å². The summed E-state index contributed by atoms with van der Waals surface area (Å²) < 4.78 is 2.34. The lowest BCUT2D eigenvalue weighted by Crippen LogP contribution is -2.25. The van der Waals surface area contributed by atoms with E-state index in [9.17, 15) is 0 Å². The molecule has 1 aliphatic rings. The van der Waals surface area contributed by atoms with Gasteiger partial charge in [-0.2, -0.15) is 0 Å². The number of hydrogen-bond donors (Lipinski definition) is 0. The Labute approximate surface area is 102 Å². The summed E-state index contributed by atoms with van der Waals surface area (Å²) in [6, 6.07) is 13.2. The molecule has 1 heterocycles. The van der Waals surface area contributed by atoms with Crippen LogP contribution in [0.3, 0.4) is 0 Å². The van der Waals surface area contributed by atoms with Gasteiger partial charge in [0, 0.05) is 12.5 Å². The fourth-order valence-corrected chi connectivity index (χ4v) is 2.90. The maximum atomic E-state index is 2.34. The largest absolute Gasteiger partial charge is 0.217 e. The van der Waals surface area contributed by atoms with Gasteiger partial charge in [0.25, 0.3) is 0 Å². The maximum absolute atomic E-state index is 2.34. The number of nitrogens with zero attached hydrogens (tertiary/aromatic N) is 1. The van der Waals surface area contributed by atoms with Gasteiger partial charge >= 0.3 is 0 Å². The fraction of sp³-hybridized carbons (Fsp3) is 0.312. The van der Waals surface area contributed by atoms with Crippen molar-refractivity contribution in [3.05, 3.63) is 42.0 Å². The summed E-state index contributed by atoms with van der Waals surface area (Å²) in [5.41, 5.74) is 4.39. The highest BCUT2D eigenvalue weighted by molar-refractivity contribution is 6.01. The molecule has 0 radical (unpaired) electrons. The Morgan fingerprint density at radius 3 is 2.47 bits per heavy atom. The van der Waals surface area contributed by atoms with Crippen LogP contribution in [0.1, 0.15) is 26.3 Å². The molecule has 0 amide bonds. The second kappa shape index (κ2) is 3.19. The van der Waals surface area contributed by atoms with Gasteiger partial charge in [0.1, 0.15) is 7.05 Å². The van der Waals surface area contributed by atoms with Gasteiger partial charge in [0.05, 0.1) is 10.8 Å². The minimum atomic E-state index is 0.147. The van der Waals surface area contributed by atoms with Gasteiger partial charge in [-0.05, 0) is 25.3 Å². The van der Waals surface area contributed by atoms with E-state index in [-0.39, 0.29) is 5.41 Å². The molecule has 0 fully saturated rings. The van der Waals surface area contributed by atoms with E-state index >= 15 is 0 Å². The SMILES string of the molecule is CC1=[N+](C)c2c(ccc3ccccc23)C1(C)C. The Morgan fingerprint density at radius 2 is 1.71 bits per heavy atom. The van der Waals surface area contributed by atoms with Crippen molar-refractivity contribution in [3.63, 3.8) is 0 Å². The molecule has 0 unspecified atom stereocenters. The van der Waals surface area contributed by atoms with Crippen LogP contribution in [-0.4, -0.2) is 17.3 Å². The maximum Gasteiger partial charge on any atom is 0.217 e. The average molecular weight is 224 g/mol. The predicted octanol–water partition coefficient (Wildman–Crippen LogP) is 3.87. The molecule has 1 heteroatoms. The summed E-state index contributed by atoms with van der Waals surface area (Å²) >= 11 is 0. The third-order valence-corrected chi connectivity index (χ3v) is 4.32. The van der Waals surface area contributed by atoms with Crippen molar-refractivity contribution in [1.29, 1.82) is 0 Å². The van der Waals surface area contributed by atoms with Gasteiger partial charge in [-0.25, -0.2) is 4.58 Å². The topological polar surface area (TPSA) is 3.01 Å². The van der Waals surface area contributed by atoms with Gasteiger partial charge in [-0.15, -0.1) is 0 Å². The Bertz CT molecular complexity index is 648. The molecule has 0 aromatic heterocycles. The van der Waals surface area contributed by atoms with Crippen molar-refractivity contribution >= 4 is 22.2 Å². The lowest BCUT2D eigenvalue weighted by atomic mass is 9.81. The van der Waals surface area contributed by atoms with Crippen molar-refractivity contribution in [3.8, 4) is 0 Å². The molecule has 2 aromatic rings. The lowest BCUT2D eigenvalue weighted by Gasteiger charge is -2.15. The van der Waals surface area contributed by atoms with Crippen molar-refractivity contribution in [2.24, 2.45) is 0 Å². The quantitative estimate of drug-likeness (QED) is 0.598. The first kappa shape index (κ1) is 10.5. The molecule has 0 N–H and O–H groups in total. The van der Waals surface area contributed by atoms with Crippen LogP contribution in [0.5, 0.6) is 0 Å². The first-order chi connectivity index (χ1) is 8.03. The number of hydrogen-bond acceptors (Lipinski definition) is 0. The number of fused-ring (bicyclic) bond motifs is 3. The van der Waals surface area contributed by atoms with Gasteiger partial charge in [0.15, 0.2) is 5.71 Å². The second-order valence-electron chi connectivity index (χ2n) is 5.45. The van der Waals surface area contributed by atoms with Crippen LogP contribution in [0.4, 0.5) is 5.69 Å². The highest BCUT2D eigenvalue weighted by atomic mass is 15.0. The van der Waals surface area contributed by atoms with Crippen molar-refractivity contribution in [2.75, 3.05) is 7.05 Å². The molecule has 2 aromatic carbocycles. The molecule has 17 heavy (non-hydrogen) atoms. The molecular formula is C16H18N+. The van der Waals surface area contributed by atoms with Crippen molar-refractivity contribution in [2.45, 2.75) is 26.2 Å². The van der Waals surface area contributed by atoms with Crippen LogP contribution in [0.15, 0.2) is 36.4 Å². The molecule has 86 valence electrons. The van der Waals surface area contributed by atoms with Crippen LogP contribution in [0.25, 0.3) is 10.8 Å². The smallest absolute Gasteiger partial charge is 0.201 e. The first-order valence-corrected chi connectivity index (χ1v) is 6.13. The summed E-state index contributed by atoms with van der Waals surface area (Å²) in [7, 11) is 2.18. The van der Waals surface area contributed by atoms with E-state index in [1.807, 2.05) is 0 Å². The number of benzene rings is 2. The molecular weight excluding hydrogens is 206 g/mol. The summed E-state index contributed by atoms with van der Waals surface area (Å²) in [6.07, 6.45) is 0. The van der Waals surface area contributed by atoms with E-state index in [4.69, 9.17) is 0 Å². The highest BCUT2D eigenvalue weighted by Gasteiger charge is 2.42. The van der Waals surface area contributed by atoms with Crippen LogP contribution < -0.4 is 0 Å². The molecule has 3 rings (SSSR count). The summed E-state index contributed by atoms with van der Waals surface area (Å²) in [5.74, 6) is 0. The lowest BCUT2D eigenvalue weighted by molar-refractivity contribution is -0.401. The van der Waals surface area contributed by atoms with Gasteiger partial charge < -0.3 is 0 Å². The monoisotopic (exact) mass is 224 g/mol. The molecule has 0 bridgehead atoms. The van der Waals surface area contributed by atoms with E-state index in [2.05, 4.69) is 68.8 Å². The minimum absolute atomic E-state index is 0.147. The average Bonchev–Trinajstić information content (AvgIpc) is 2.51. The molecule has 0 saturated carbocycles. The van der Waals surface area contributed by atoms with Crippen molar-refractivity contribution in [1.82, 2.24) is 0 Å². The zero-order chi connectivity index (χ0) is 12.2. The van der Waals surface area contributed by atoms with Gasteiger partial charge in [-0.3, -0.25) is 0 Å². The first-order valence-electron chi connectivity index (χ1n) is 6.13. The van der Waals surface area contributed by atoms with E-state index in [0.29, 0.717) is 0 Å². The summed E-state index contributed by atoms with van der Waals surface area (Å²) in [4.78, 5) is 0. The zero-order valence-electron chi connectivity index (χ0n) is 10.9. The fourth-order valence-electron chi connectivity index (χ4n) is 2.90. The Hall–Kier alpha value is -1.63. The van der Waals surface area contributed by atoms with Crippen LogP contribution in [0, 0.1) is 0 Å². The van der Waals surface area contributed by atoms with E-state index in [0.717, 1.165) is 0 Å².